The summed E-state index contributed by atoms with van der Waals surface area (Å²) in [6.45, 7) is 0. The molecular formula is C9H9F3N2OS. The van der Waals surface area contributed by atoms with Crippen LogP contribution in [0.15, 0.2) is 24.3 Å². The number of alkyl halides is 3. The van der Waals surface area contributed by atoms with Gasteiger partial charge in [0.2, 0.25) is 0 Å². The molecule has 0 atom stereocenters. The first kappa shape index (κ1) is 12.6. The quantitative estimate of drug-likeness (QED) is 0.790. The number of thiocarbonyl (C=S) groups is 1. The molecule has 0 aliphatic heterocycles. The molecule has 7 heteroatoms. The molecule has 0 aliphatic carbocycles. The van der Waals surface area contributed by atoms with Crippen LogP contribution in [0, 0.1) is 0 Å². The zero-order valence-electron chi connectivity index (χ0n) is 8.26. The number of rotatable bonds is 2. The Balaban J connectivity index is 2.75. The van der Waals surface area contributed by atoms with Gasteiger partial charge in [-0.25, -0.2) is 0 Å². The van der Waals surface area contributed by atoms with Gasteiger partial charge in [0.15, 0.2) is 5.11 Å². The molecule has 0 aromatic heterocycles. The normalized spacial score (nSPS) is 10.8. The molecule has 0 aliphatic rings. The lowest BCUT2D eigenvalue weighted by atomic mass is 10.3. The second-order valence-electron chi connectivity index (χ2n) is 2.78. The van der Waals surface area contributed by atoms with Crippen molar-refractivity contribution in [3.63, 3.8) is 0 Å². The SMILES string of the molecule is CNC(=S)Nc1cccc(OC(F)(F)F)c1. The number of hydrogen-bond donors (Lipinski definition) is 2. The predicted octanol–water partition coefficient (Wildman–Crippen LogP) is 2.50. The summed E-state index contributed by atoms with van der Waals surface area (Å²) in [5.41, 5.74) is 0.418. The van der Waals surface area contributed by atoms with Crippen molar-refractivity contribution in [2.24, 2.45) is 0 Å². The second-order valence-corrected chi connectivity index (χ2v) is 3.19. The average molecular weight is 250 g/mol. The van der Waals surface area contributed by atoms with Gasteiger partial charge >= 0.3 is 6.36 Å². The summed E-state index contributed by atoms with van der Waals surface area (Å²) in [4.78, 5) is 0. The van der Waals surface area contributed by atoms with Crippen LogP contribution in [0.25, 0.3) is 0 Å². The first-order chi connectivity index (χ1) is 7.40. The molecular weight excluding hydrogens is 241 g/mol. The van der Waals surface area contributed by atoms with Crippen molar-refractivity contribution in [2.45, 2.75) is 6.36 Å². The van der Waals surface area contributed by atoms with Crippen LogP contribution >= 0.6 is 12.2 Å². The Kier molecular flexibility index (Phi) is 3.94. The molecule has 0 amide bonds. The van der Waals surface area contributed by atoms with E-state index in [1.807, 2.05) is 0 Å². The zero-order chi connectivity index (χ0) is 12.2. The Morgan fingerprint density at radius 1 is 1.38 bits per heavy atom. The summed E-state index contributed by atoms with van der Waals surface area (Å²) in [5, 5.41) is 5.64. The van der Waals surface area contributed by atoms with Gasteiger partial charge in [-0.15, -0.1) is 13.2 Å². The van der Waals surface area contributed by atoms with E-state index in [1.54, 1.807) is 13.1 Å². The molecule has 0 unspecified atom stereocenters. The van der Waals surface area contributed by atoms with E-state index in [2.05, 4.69) is 15.4 Å². The van der Waals surface area contributed by atoms with Gasteiger partial charge in [-0.05, 0) is 24.4 Å². The third kappa shape index (κ3) is 4.35. The Bertz CT molecular complexity index is 381. The molecule has 16 heavy (non-hydrogen) atoms. The van der Waals surface area contributed by atoms with E-state index in [9.17, 15) is 13.2 Å². The maximum Gasteiger partial charge on any atom is 0.573 e. The Morgan fingerprint density at radius 3 is 2.62 bits per heavy atom. The van der Waals surface area contributed by atoms with Crippen molar-refractivity contribution in [2.75, 3.05) is 12.4 Å². The number of hydrogen-bond acceptors (Lipinski definition) is 2. The molecule has 0 radical (unpaired) electrons. The van der Waals surface area contributed by atoms with Gasteiger partial charge in [0.25, 0.3) is 0 Å². The van der Waals surface area contributed by atoms with E-state index in [-0.39, 0.29) is 5.75 Å². The van der Waals surface area contributed by atoms with Crippen molar-refractivity contribution < 1.29 is 17.9 Å². The largest absolute Gasteiger partial charge is 0.573 e. The molecule has 0 fully saturated rings. The van der Waals surface area contributed by atoms with Crippen LogP contribution in [0.4, 0.5) is 18.9 Å². The maximum atomic E-state index is 11.9. The fourth-order valence-corrected chi connectivity index (χ4v) is 1.08. The number of halogens is 3. The smallest absolute Gasteiger partial charge is 0.406 e. The van der Waals surface area contributed by atoms with Crippen molar-refractivity contribution in [3.8, 4) is 5.75 Å². The predicted molar refractivity (Wildman–Crippen MR) is 58.4 cm³/mol. The first-order valence-electron chi connectivity index (χ1n) is 4.25. The van der Waals surface area contributed by atoms with E-state index < -0.39 is 6.36 Å². The highest BCUT2D eigenvalue weighted by Crippen LogP contribution is 2.24. The molecule has 1 rings (SSSR count). The van der Waals surface area contributed by atoms with Crippen LogP contribution in [-0.4, -0.2) is 18.5 Å². The molecule has 1 aromatic carbocycles. The highest BCUT2D eigenvalue weighted by Gasteiger charge is 2.31. The van der Waals surface area contributed by atoms with Crippen LogP contribution in [0.1, 0.15) is 0 Å². The first-order valence-corrected chi connectivity index (χ1v) is 4.66. The molecule has 88 valence electrons. The number of anilines is 1. The summed E-state index contributed by atoms with van der Waals surface area (Å²) in [6, 6.07) is 5.42. The van der Waals surface area contributed by atoms with E-state index in [0.29, 0.717) is 10.8 Å². The summed E-state index contributed by atoms with van der Waals surface area (Å²) in [5.74, 6) is -0.295. The van der Waals surface area contributed by atoms with Gasteiger partial charge in [0.05, 0.1) is 0 Å². The van der Waals surface area contributed by atoms with Crippen LogP contribution in [0.2, 0.25) is 0 Å². The van der Waals surface area contributed by atoms with Crippen LogP contribution in [0.5, 0.6) is 5.75 Å². The highest BCUT2D eigenvalue weighted by atomic mass is 32.1. The summed E-state index contributed by atoms with van der Waals surface area (Å²) < 4.78 is 39.5. The minimum atomic E-state index is -4.69. The lowest BCUT2D eigenvalue weighted by Crippen LogP contribution is -2.24. The lowest BCUT2D eigenvalue weighted by molar-refractivity contribution is -0.274. The minimum absolute atomic E-state index is 0.295. The molecule has 0 bridgehead atoms. The average Bonchev–Trinajstić information content (AvgIpc) is 2.15. The van der Waals surface area contributed by atoms with Crippen LogP contribution in [-0.2, 0) is 0 Å². The van der Waals surface area contributed by atoms with Crippen molar-refractivity contribution in [1.29, 1.82) is 0 Å². The minimum Gasteiger partial charge on any atom is -0.406 e. The molecule has 1 aromatic rings. The number of ether oxygens (including phenoxy) is 1. The third-order valence-electron chi connectivity index (χ3n) is 1.55. The monoisotopic (exact) mass is 250 g/mol. The van der Waals surface area contributed by atoms with Gasteiger partial charge in [-0.1, -0.05) is 6.07 Å². The molecule has 0 heterocycles. The van der Waals surface area contributed by atoms with Gasteiger partial charge in [-0.2, -0.15) is 0 Å². The summed E-state index contributed by atoms with van der Waals surface area (Å²) >= 11 is 4.80. The Labute approximate surface area is 95.6 Å². The summed E-state index contributed by atoms with van der Waals surface area (Å²) in [7, 11) is 1.60. The summed E-state index contributed by atoms with van der Waals surface area (Å²) in [6.07, 6.45) is -4.69. The van der Waals surface area contributed by atoms with E-state index >= 15 is 0 Å². The van der Waals surface area contributed by atoms with Gasteiger partial charge in [0, 0.05) is 18.8 Å². The number of benzene rings is 1. The van der Waals surface area contributed by atoms with Gasteiger partial charge < -0.3 is 15.4 Å². The zero-order valence-corrected chi connectivity index (χ0v) is 9.08. The van der Waals surface area contributed by atoms with Crippen LogP contribution < -0.4 is 15.4 Å². The third-order valence-corrected chi connectivity index (χ3v) is 1.86. The molecule has 0 saturated carbocycles. The van der Waals surface area contributed by atoms with Gasteiger partial charge in [0.1, 0.15) is 5.75 Å². The van der Waals surface area contributed by atoms with E-state index in [1.165, 1.54) is 18.2 Å². The standard InChI is InChI=1S/C9H9F3N2OS/c1-13-8(16)14-6-3-2-4-7(5-6)15-9(10,11)12/h2-5H,1H3,(H2,13,14,16). The maximum absolute atomic E-state index is 11.9. The van der Waals surface area contributed by atoms with Crippen molar-refractivity contribution in [1.82, 2.24) is 5.32 Å². The molecule has 2 N–H and O–H groups in total. The fraction of sp³-hybridized carbons (Fsp3) is 0.222. The topological polar surface area (TPSA) is 33.3 Å². The second kappa shape index (κ2) is 5.02. The van der Waals surface area contributed by atoms with Crippen molar-refractivity contribution >= 4 is 23.0 Å². The van der Waals surface area contributed by atoms with Crippen molar-refractivity contribution in [3.05, 3.63) is 24.3 Å². The van der Waals surface area contributed by atoms with Gasteiger partial charge in [-0.3, -0.25) is 0 Å². The molecule has 0 spiro atoms. The van der Waals surface area contributed by atoms with E-state index in [0.717, 1.165) is 0 Å². The number of nitrogens with one attached hydrogen (secondary N) is 2. The molecule has 3 nitrogen and oxygen atoms in total. The van der Waals surface area contributed by atoms with E-state index in [4.69, 9.17) is 12.2 Å². The fourth-order valence-electron chi connectivity index (χ4n) is 0.965. The lowest BCUT2D eigenvalue weighted by Gasteiger charge is -2.11. The molecule has 0 saturated heterocycles. The Hall–Kier alpha value is -1.50. The Morgan fingerprint density at radius 2 is 2.06 bits per heavy atom. The van der Waals surface area contributed by atoms with Crippen LogP contribution in [0.3, 0.4) is 0 Å². The highest BCUT2D eigenvalue weighted by molar-refractivity contribution is 7.80.